The summed E-state index contributed by atoms with van der Waals surface area (Å²) in [7, 11) is 0. The summed E-state index contributed by atoms with van der Waals surface area (Å²) in [4.78, 5) is 24.6. The van der Waals surface area contributed by atoms with Crippen molar-refractivity contribution in [2.45, 2.75) is 45.6 Å². The van der Waals surface area contributed by atoms with E-state index >= 15 is 0 Å². The molecule has 0 fully saturated rings. The second-order valence-electron chi connectivity index (χ2n) is 4.77. The predicted molar refractivity (Wildman–Crippen MR) is 75.8 cm³/mol. The average Bonchev–Trinajstić information content (AvgIpc) is 2.75. The van der Waals surface area contributed by atoms with Gasteiger partial charge in [-0.2, -0.15) is 5.26 Å². The van der Waals surface area contributed by atoms with Crippen molar-refractivity contribution in [2.24, 2.45) is 0 Å². The first-order valence-corrected chi connectivity index (χ1v) is 7.37. The molecule has 5 nitrogen and oxygen atoms in total. The molecule has 0 aromatic carbocycles. The van der Waals surface area contributed by atoms with Crippen LogP contribution in [0.2, 0.25) is 0 Å². The highest BCUT2D eigenvalue weighted by molar-refractivity contribution is 7.17. The molecule has 2 rings (SSSR count). The molecular formula is C14H16N2O3S. The number of thiophene rings is 1. The fraction of sp³-hybridized carbons (Fsp3) is 0.500. The molecule has 1 atom stereocenters. The van der Waals surface area contributed by atoms with Gasteiger partial charge in [-0.15, -0.1) is 11.3 Å². The number of nitrogens with zero attached hydrogens (tertiary/aromatic N) is 1. The largest absolute Gasteiger partial charge is 0.444 e. The van der Waals surface area contributed by atoms with Crippen LogP contribution in [-0.2, 0) is 22.4 Å². The number of carbonyl (C=O) groups is 2. The lowest BCUT2D eigenvalue weighted by molar-refractivity contribution is -0.114. The van der Waals surface area contributed by atoms with Crippen LogP contribution in [0.25, 0.3) is 0 Å². The number of anilines is 1. The summed E-state index contributed by atoms with van der Waals surface area (Å²) in [6.07, 6.45) is 3.06. The van der Waals surface area contributed by atoms with E-state index in [1.165, 1.54) is 25.2 Å². The van der Waals surface area contributed by atoms with Gasteiger partial charge in [0, 0.05) is 11.8 Å². The molecule has 1 amide bonds. The molecule has 0 spiro atoms. The Labute approximate surface area is 121 Å². The van der Waals surface area contributed by atoms with Crippen molar-refractivity contribution in [3.05, 3.63) is 16.0 Å². The molecule has 1 aromatic heterocycles. The maximum Gasteiger partial charge on any atom is 0.342 e. The minimum absolute atomic E-state index is 0.217. The van der Waals surface area contributed by atoms with Gasteiger partial charge >= 0.3 is 5.97 Å². The van der Waals surface area contributed by atoms with Crippen LogP contribution < -0.4 is 5.32 Å². The minimum atomic E-state index is -0.799. The van der Waals surface area contributed by atoms with Crippen molar-refractivity contribution in [1.82, 2.24) is 0 Å². The van der Waals surface area contributed by atoms with Crippen LogP contribution in [-0.4, -0.2) is 18.0 Å². The molecule has 1 aromatic rings. The first-order valence-electron chi connectivity index (χ1n) is 6.55. The molecule has 0 saturated heterocycles. The van der Waals surface area contributed by atoms with Crippen LogP contribution >= 0.6 is 11.3 Å². The van der Waals surface area contributed by atoms with Gasteiger partial charge < -0.3 is 10.1 Å². The first-order chi connectivity index (χ1) is 9.52. The van der Waals surface area contributed by atoms with Crippen LogP contribution in [0.4, 0.5) is 5.00 Å². The quantitative estimate of drug-likeness (QED) is 0.869. The highest BCUT2D eigenvalue weighted by atomic mass is 32.1. The zero-order valence-electron chi connectivity index (χ0n) is 11.5. The van der Waals surface area contributed by atoms with E-state index < -0.39 is 12.1 Å². The van der Waals surface area contributed by atoms with Crippen LogP contribution in [0.1, 0.15) is 47.5 Å². The molecule has 1 aliphatic rings. The van der Waals surface area contributed by atoms with Crippen LogP contribution in [0, 0.1) is 11.3 Å². The van der Waals surface area contributed by atoms with Crippen molar-refractivity contribution in [2.75, 3.05) is 5.32 Å². The first kappa shape index (κ1) is 14.5. The van der Waals surface area contributed by atoms with Crippen molar-refractivity contribution < 1.29 is 14.3 Å². The number of nitriles is 1. The van der Waals surface area contributed by atoms with Gasteiger partial charge in [-0.3, -0.25) is 4.79 Å². The predicted octanol–water partition coefficient (Wildman–Crippen LogP) is 2.65. The number of esters is 1. The van der Waals surface area contributed by atoms with Crippen molar-refractivity contribution in [1.29, 1.82) is 5.26 Å². The molecule has 0 bridgehead atoms. The Balaban J connectivity index is 2.38. The maximum absolute atomic E-state index is 12.2. The normalized spacial score (nSPS) is 14.8. The van der Waals surface area contributed by atoms with Crippen molar-refractivity contribution in [3.8, 4) is 6.07 Å². The molecule has 0 saturated carbocycles. The standard InChI is InChI=1S/C14H16N2O3S/c1-8(7-15)19-14(18)12-10-5-3-4-6-11(10)20-13(12)16-9(2)17/h8H,3-6H2,1-2H3,(H,16,17)/t8-/m1/s1. The molecule has 1 N–H and O–H groups in total. The fourth-order valence-electron chi connectivity index (χ4n) is 2.28. The highest BCUT2D eigenvalue weighted by Gasteiger charge is 2.27. The molecule has 20 heavy (non-hydrogen) atoms. The van der Waals surface area contributed by atoms with E-state index in [0.29, 0.717) is 10.6 Å². The zero-order valence-corrected chi connectivity index (χ0v) is 12.3. The molecule has 0 radical (unpaired) electrons. The summed E-state index contributed by atoms with van der Waals surface area (Å²) in [6, 6.07) is 1.87. The van der Waals surface area contributed by atoms with Gasteiger partial charge in [0.05, 0.1) is 5.56 Å². The molecule has 106 valence electrons. The van der Waals surface area contributed by atoms with Crippen LogP contribution in [0.3, 0.4) is 0 Å². The number of hydrogen-bond acceptors (Lipinski definition) is 5. The Morgan fingerprint density at radius 3 is 2.75 bits per heavy atom. The van der Waals surface area contributed by atoms with Crippen molar-refractivity contribution >= 4 is 28.2 Å². The molecule has 0 aliphatic heterocycles. The summed E-state index contributed by atoms with van der Waals surface area (Å²) < 4.78 is 5.09. The molecule has 0 unspecified atom stereocenters. The number of carbonyl (C=O) groups excluding carboxylic acids is 2. The van der Waals surface area contributed by atoms with E-state index in [1.54, 1.807) is 0 Å². The Morgan fingerprint density at radius 2 is 2.10 bits per heavy atom. The van der Waals surface area contributed by atoms with Gasteiger partial charge in [0.25, 0.3) is 0 Å². The van der Waals surface area contributed by atoms with E-state index in [2.05, 4.69) is 5.32 Å². The monoisotopic (exact) mass is 292 g/mol. The Bertz CT molecular complexity index is 586. The van der Waals surface area contributed by atoms with E-state index in [-0.39, 0.29) is 5.91 Å². The van der Waals surface area contributed by atoms with E-state index in [1.807, 2.05) is 6.07 Å². The van der Waals surface area contributed by atoms with Gasteiger partial charge in [-0.1, -0.05) is 0 Å². The Kier molecular flexibility index (Phi) is 4.40. The molecule has 6 heteroatoms. The van der Waals surface area contributed by atoms with Crippen LogP contribution in [0.5, 0.6) is 0 Å². The summed E-state index contributed by atoms with van der Waals surface area (Å²) in [5.41, 5.74) is 1.40. The van der Waals surface area contributed by atoms with Gasteiger partial charge in [-0.25, -0.2) is 4.79 Å². The minimum Gasteiger partial charge on any atom is -0.444 e. The second kappa shape index (κ2) is 6.06. The third kappa shape index (κ3) is 2.99. The summed E-state index contributed by atoms with van der Waals surface area (Å²) >= 11 is 1.44. The smallest absolute Gasteiger partial charge is 0.342 e. The van der Waals surface area contributed by atoms with E-state index in [4.69, 9.17) is 10.00 Å². The number of amides is 1. The molecule has 1 heterocycles. The number of nitrogens with one attached hydrogen (secondary N) is 1. The number of hydrogen-bond donors (Lipinski definition) is 1. The fourth-order valence-corrected chi connectivity index (χ4v) is 3.60. The lowest BCUT2D eigenvalue weighted by Crippen LogP contribution is -2.17. The number of rotatable bonds is 3. The highest BCUT2D eigenvalue weighted by Crippen LogP contribution is 2.38. The van der Waals surface area contributed by atoms with Gasteiger partial charge in [0.15, 0.2) is 6.10 Å². The molecule has 1 aliphatic carbocycles. The lowest BCUT2D eigenvalue weighted by atomic mass is 9.95. The molecular weight excluding hydrogens is 276 g/mol. The zero-order chi connectivity index (χ0) is 14.7. The van der Waals surface area contributed by atoms with Gasteiger partial charge in [0.1, 0.15) is 11.1 Å². The SMILES string of the molecule is CC(=O)Nc1sc2c(c1C(=O)O[C@H](C)C#N)CCCC2. The summed E-state index contributed by atoms with van der Waals surface area (Å²) in [5, 5.41) is 12.0. The van der Waals surface area contributed by atoms with Gasteiger partial charge in [0.2, 0.25) is 5.91 Å². The average molecular weight is 292 g/mol. The van der Waals surface area contributed by atoms with E-state index in [0.717, 1.165) is 36.1 Å². The van der Waals surface area contributed by atoms with Crippen molar-refractivity contribution in [3.63, 3.8) is 0 Å². The summed E-state index contributed by atoms with van der Waals surface area (Å²) in [5.74, 6) is -0.742. The third-order valence-corrected chi connectivity index (χ3v) is 4.34. The van der Waals surface area contributed by atoms with E-state index in [9.17, 15) is 9.59 Å². The maximum atomic E-state index is 12.2. The third-order valence-electron chi connectivity index (χ3n) is 3.13. The Morgan fingerprint density at radius 1 is 1.40 bits per heavy atom. The topological polar surface area (TPSA) is 79.2 Å². The number of fused-ring (bicyclic) bond motifs is 1. The lowest BCUT2D eigenvalue weighted by Gasteiger charge is -2.13. The van der Waals surface area contributed by atoms with Gasteiger partial charge in [-0.05, 0) is 38.2 Å². The van der Waals surface area contributed by atoms with Crippen LogP contribution in [0.15, 0.2) is 0 Å². The summed E-state index contributed by atoms with van der Waals surface area (Å²) in [6.45, 7) is 2.93. The number of aryl methyl sites for hydroxylation is 1. The number of ether oxygens (including phenoxy) is 1. The Hall–Kier alpha value is -1.87. The second-order valence-corrected chi connectivity index (χ2v) is 5.88.